The van der Waals surface area contributed by atoms with Gasteiger partial charge in [0.05, 0.1) is 18.2 Å². The number of ether oxygens (including phenoxy) is 1. The van der Waals surface area contributed by atoms with E-state index in [0.717, 1.165) is 5.56 Å². The Morgan fingerprint density at radius 1 is 1.35 bits per heavy atom. The molecular formula is C14H12N2O4. The maximum atomic E-state index is 12.0. The maximum absolute atomic E-state index is 12.0. The van der Waals surface area contributed by atoms with Crippen LogP contribution in [-0.2, 0) is 11.3 Å². The summed E-state index contributed by atoms with van der Waals surface area (Å²) in [5.74, 6) is 0.0877. The smallest absolute Gasteiger partial charge is 0.262 e. The van der Waals surface area contributed by atoms with Gasteiger partial charge >= 0.3 is 0 Å². The van der Waals surface area contributed by atoms with Gasteiger partial charge in [-0.15, -0.1) is 0 Å². The van der Waals surface area contributed by atoms with E-state index >= 15 is 0 Å². The van der Waals surface area contributed by atoms with Crippen molar-refractivity contribution < 1.29 is 18.7 Å². The number of hydrogen-bond acceptors (Lipinski definition) is 4. The minimum Gasteiger partial charge on any atom is -0.482 e. The fourth-order valence-corrected chi connectivity index (χ4v) is 1.89. The predicted octanol–water partition coefficient (Wildman–Crippen LogP) is 1.54. The van der Waals surface area contributed by atoms with E-state index in [0.29, 0.717) is 23.5 Å². The van der Waals surface area contributed by atoms with E-state index in [1.165, 1.54) is 0 Å². The Hall–Kier alpha value is -2.76. The number of nitrogens with one attached hydrogen (secondary N) is 2. The minimum atomic E-state index is -0.213. The standard InChI is InChI=1S/C14H12N2O4/c17-13-8-20-12-5-10(1-2-11(12)16-13)14(18)15-6-9-3-4-19-7-9/h1-5,7H,6,8H2,(H,15,18)(H,16,17). The monoisotopic (exact) mass is 272 g/mol. The first-order chi connectivity index (χ1) is 9.72. The predicted molar refractivity (Wildman–Crippen MR) is 70.4 cm³/mol. The average Bonchev–Trinajstić information content (AvgIpc) is 2.97. The van der Waals surface area contributed by atoms with E-state index in [-0.39, 0.29) is 18.4 Å². The van der Waals surface area contributed by atoms with E-state index in [9.17, 15) is 9.59 Å². The quantitative estimate of drug-likeness (QED) is 0.888. The normalized spacial score (nSPS) is 13.1. The van der Waals surface area contributed by atoms with Gasteiger partial charge in [0.25, 0.3) is 11.8 Å². The highest BCUT2D eigenvalue weighted by Crippen LogP contribution is 2.28. The molecule has 0 spiro atoms. The summed E-state index contributed by atoms with van der Waals surface area (Å²) in [7, 11) is 0. The summed E-state index contributed by atoms with van der Waals surface area (Å²) < 4.78 is 10.2. The van der Waals surface area contributed by atoms with Gasteiger partial charge in [-0.3, -0.25) is 9.59 Å². The molecule has 2 heterocycles. The van der Waals surface area contributed by atoms with Crippen LogP contribution in [0.15, 0.2) is 41.2 Å². The Kier molecular flexibility index (Phi) is 3.12. The molecule has 1 aromatic heterocycles. The van der Waals surface area contributed by atoms with Gasteiger partial charge in [-0.1, -0.05) is 0 Å². The molecule has 0 aliphatic carbocycles. The fraction of sp³-hybridized carbons (Fsp3) is 0.143. The molecule has 1 aliphatic rings. The van der Waals surface area contributed by atoms with Crippen LogP contribution in [0.4, 0.5) is 5.69 Å². The highest BCUT2D eigenvalue weighted by Gasteiger charge is 2.17. The number of hydrogen-bond donors (Lipinski definition) is 2. The van der Waals surface area contributed by atoms with E-state index < -0.39 is 0 Å². The zero-order valence-corrected chi connectivity index (χ0v) is 10.5. The van der Waals surface area contributed by atoms with Crippen LogP contribution in [-0.4, -0.2) is 18.4 Å². The molecule has 0 atom stereocenters. The van der Waals surface area contributed by atoms with Crippen LogP contribution >= 0.6 is 0 Å². The van der Waals surface area contributed by atoms with Crippen LogP contribution in [0.3, 0.4) is 0 Å². The Morgan fingerprint density at radius 2 is 2.25 bits per heavy atom. The van der Waals surface area contributed by atoms with Crippen molar-refractivity contribution in [3.05, 3.63) is 47.9 Å². The van der Waals surface area contributed by atoms with Gasteiger partial charge in [0.2, 0.25) is 0 Å². The lowest BCUT2D eigenvalue weighted by Gasteiger charge is -2.18. The molecule has 6 heteroatoms. The van der Waals surface area contributed by atoms with Crippen LogP contribution in [0.5, 0.6) is 5.75 Å². The fourth-order valence-electron chi connectivity index (χ4n) is 1.89. The number of anilines is 1. The minimum absolute atomic E-state index is 0.0346. The number of fused-ring (bicyclic) bond motifs is 1. The highest BCUT2D eigenvalue weighted by atomic mass is 16.5. The second kappa shape index (κ2) is 5.08. The van der Waals surface area contributed by atoms with Gasteiger partial charge in [-0.2, -0.15) is 0 Å². The van der Waals surface area contributed by atoms with Crippen molar-refractivity contribution in [2.45, 2.75) is 6.54 Å². The van der Waals surface area contributed by atoms with Crippen LogP contribution in [0.25, 0.3) is 0 Å². The van der Waals surface area contributed by atoms with Gasteiger partial charge in [-0.25, -0.2) is 0 Å². The molecule has 0 saturated heterocycles. The third-order valence-electron chi connectivity index (χ3n) is 2.91. The molecule has 1 aromatic carbocycles. The Balaban J connectivity index is 1.70. The number of rotatable bonds is 3. The van der Waals surface area contributed by atoms with Gasteiger partial charge in [0.1, 0.15) is 5.75 Å². The van der Waals surface area contributed by atoms with Crippen molar-refractivity contribution in [3.63, 3.8) is 0 Å². The Morgan fingerprint density at radius 3 is 3.05 bits per heavy atom. The molecule has 2 aromatic rings. The number of carbonyl (C=O) groups excluding carboxylic acids is 2. The molecule has 6 nitrogen and oxygen atoms in total. The third kappa shape index (κ3) is 2.49. The molecule has 3 rings (SSSR count). The van der Waals surface area contributed by atoms with Crippen LogP contribution in [0.1, 0.15) is 15.9 Å². The van der Waals surface area contributed by atoms with Crippen molar-refractivity contribution in [3.8, 4) is 5.75 Å². The summed E-state index contributed by atoms with van der Waals surface area (Å²) in [6.45, 7) is 0.358. The van der Waals surface area contributed by atoms with Gasteiger partial charge < -0.3 is 19.8 Å². The third-order valence-corrected chi connectivity index (χ3v) is 2.91. The topological polar surface area (TPSA) is 80.6 Å². The van der Waals surface area contributed by atoms with E-state index in [2.05, 4.69) is 10.6 Å². The first-order valence-electron chi connectivity index (χ1n) is 6.08. The summed E-state index contributed by atoms with van der Waals surface area (Å²) in [5.41, 5.74) is 1.94. The van der Waals surface area contributed by atoms with Crippen molar-refractivity contribution >= 4 is 17.5 Å². The molecular weight excluding hydrogens is 260 g/mol. The molecule has 0 saturated carbocycles. The summed E-state index contributed by atoms with van der Waals surface area (Å²) in [6.07, 6.45) is 3.13. The first-order valence-corrected chi connectivity index (χ1v) is 6.08. The summed E-state index contributed by atoms with van der Waals surface area (Å²) in [4.78, 5) is 23.2. The molecule has 1 aliphatic heterocycles. The molecule has 2 N–H and O–H groups in total. The lowest BCUT2D eigenvalue weighted by atomic mass is 10.1. The lowest BCUT2D eigenvalue weighted by molar-refractivity contribution is -0.118. The molecule has 2 amide bonds. The summed E-state index contributed by atoms with van der Waals surface area (Å²) in [6, 6.07) is 6.68. The van der Waals surface area contributed by atoms with Crippen molar-refractivity contribution in [2.24, 2.45) is 0 Å². The summed E-state index contributed by atoms with van der Waals surface area (Å²) >= 11 is 0. The second-order valence-corrected chi connectivity index (χ2v) is 4.36. The molecule has 0 radical (unpaired) electrons. The first kappa shape index (κ1) is 12.3. The second-order valence-electron chi connectivity index (χ2n) is 4.36. The van der Waals surface area contributed by atoms with E-state index in [4.69, 9.17) is 9.15 Å². The van der Waals surface area contributed by atoms with Crippen LogP contribution < -0.4 is 15.4 Å². The molecule has 0 unspecified atom stereocenters. The average molecular weight is 272 g/mol. The SMILES string of the molecule is O=C1COc2cc(C(=O)NCc3ccoc3)ccc2N1. The lowest BCUT2D eigenvalue weighted by Crippen LogP contribution is -2.26. The zero-order valence-electron chi connectivity index (χ0n) is 10.5. The Bertz CT molecular complexity index is 649. The molecule has 20 heavy (non-hydrogen) atoms. The number of carbonyl (C=O) groups is 2. The van der Waals surface area contributed by atoms with Crippen LogP contribution in [0, 0.1) is 0 Å². The number of benzene rings is 1. The maximum Gasteiger partial charge on any atom is 0.262 e. The van der Waals surface area contributed by atoms with Crippen molar-refractivity contribution in [1.82, 2.24) is 5.32 Å². The van der Waals surface area contributed by atoms with Gasteiger partial charge in [0.15, 0.2) is 6.61 Å². The molecule has 0 fully saturated rings. The number of amides is 2. The molecule has 102 valence electrons. The van der Waals surface area contributed by atoms with E-state index in [1.807, 2.05) is 0 Å². The van der Waals surface area contributed by atoms with Crippen LogP contribution in [0.2, 0.25) is 0 Å². The highest BCUT2D eigenvalue weighted by molar-refractivity contribution is 5.98. The van der Waals surface area contributed by atoms with Gasteiger partial charge in [0, 0.05) is 17.7 Å². The summed E-state index contributed by atoms with van der Waals surface area (Å²) in [5, 5.41) is 5.45. The van der Waals surface area contributed by atoms with Gasteiger partial charge in [-0.05, 0) is 24.3 Å². The van der Waals surface area contributed by atoms with Crippen molar-refractivity contribution in [2.75, 3.05) is 11.9 Å². The Labute approximate surface area is 114 Å². The molecule has 0 bridgehead atoms. The largest absolute Gasteiger partial charge is 0.482 e. The van der Waals surface area contributed by atoms with Crippen molar-refractivity contribution in [1.29, 1.82) is 0 Å². The number of furan rings is 1. The zero-order chi connectivity index (χ0) is 13.9. The van der Waals surface area contributed by atoms with E-state index in [1.54, 1.807) is 36.8 Å².